The zero-order valence-corrected chi connectivity index (χ0v) is 17.6. The van der Waals surface area contributed by atoms with Crippen molar-refractivity contribution in [1.29, 1.82) is 0 Å². The van der Waals surface area contributed by atoms with Crippen LogP contribution in [0.5, 0.6) is 5.75 Å². The molecular formula is C17H26BrNO5S. The van der Waals surface area contributed by atoms with Crippen molar-refractivity contribution in [3.05, 3.63) is 28.2 Å². The number of aliphatic hydroxyl groups excluding tert-OH is 1. The van der Waals surface area contributed by atoms with Gasteiger partial charge in [-0.1, -0.05) is 22.0 Å². The van der Waals surface area contributed by atoms with Crippen molar-refractivity contribution >= 4 is 32.9 Å². The number of carbonyl (C=O) groups excluding carboxylic acids is 1. The maximum Gasteiger partial charge on any atom is 0.308 e. The molecule has 1 aromatic rings. The summed E-state index contributed by atoms with van der Waals surface area (Å²) in [5.74, 6) is 0.106. The van der Waals surface area contributed by atoms with Gasteiger partial charge in [0.2, 0.25) is 0 Å². The number of methoxy groups -OCH3 is 2. The summed E-state index contributed by atoms with van der Waals surface area (Å²) in [4.78, 5) is 11.4. The molecule has 1 aromatic carbocycles. The van der Waals surface area contributed by atoms with E-state index < -0.39 is 33.8 Å². The molecule has 25 heavy (non-hydrogen) atoms. The van der Waals surface area contributed by atoms with Crippen LogP contribution in [0.4, 0.5) is 0 Å². The monoisotopic (exact) mass is 435 g/mol. The topological polar surface area (TPSA) is 84.9 Å². The van der Waals surface area contributed by atoms with Crippen LogP contribution in [0.15, 0.2) is 22.7 Å². The molecule has 0 bridgehead atoms. The van der Waals surface area contributed by atoms with Crippen molar-refractivity contribution in [3.8, 4) is 5.75 Å². The van der Waals surface area contributed by atoms with Crippen molar-refractivity contribution in [2.24, 2.45) is 0 Å². The maximum atomic E-state index is 12.6. The van der Waals surface area contributed by atoms with Gasteiger partial charge in [-0.3, -0.25) is 4.79 Å². The van der Waals surface area contributed by atoms with Crippen molar-refractivity contribution in [2.75, 3.05) is 14.2 Å². The highest BCUT2D eigenvalue weighted by Crippen LogP contribution is 2.32. The standard InChI is InChI=1S/C17H26BrNO5S/c1-17(2,3)25(22)19-14(9-12(20)10-16(21)24-5)13-7-6-11(18)8-15(13)23-4/h6-8,12,14,19-20H,9-10H2,1-5H3/t12?,14-,25+/m0/s1. The first-order chi connectivity index (χ1) is 11.6. The summed E-state index contributed by atoms with van der Waals surface area (Å²) in [6, 6.07) is 5.03. The first kappa shape index (κ1) is 22.1. The number of benzene rings is 1. The molecule has 0 radical (unpaired) electrons. The van der Waals surface area contributed by atoms with Gasteiger partial charge in [0.25, 0.3) is 0 Å². The molecule has 0 amide bonds. The van der Waals surface area contributed by atoms with Gasteiger partial charge in [-0.25, -0.2) is 8.93 Å². The van der Waals surface area contributed by atoms with E-state index >= 15 is 0 Å². The molecule has 1 unspecified atom stereocenters. The van der Waals surface area contributed by atoms with Gasteiger partial charge in [0, 0.05) is 10.0 Å². The van der Waals surface area contributed by atoms with Crippen LogP contribution in [0.2, 0.25) is 0 Å². The van der Waals surface area contributed by atoms with E-state index in [0.29, 0.717) is 5.75 Å². The van der Waals surface area contributed by atoms with Gasteiger partial charge < -0.3 is 14.6 Å². The Morgan fingerprint density at radius 3 is 2.52 bits per heavy atom. The fourth-order valence-electron chi connectivity index (χ4n) is 2.15. The lowest BCUT2D eigenvalue weighted by Crippen LogP contribution is -2.37. The average molecular weight is 436 g/mol. The van der Waals surface area contributed by atoms with Gasteiger partial charge >= 0.3 is 5.97 Å². The minimum Gasteiger partial charge on any atom is -0.496 e. The molecule has 0 aliphatic rings. The Hall–Kier alpha value is -0.960. The Labute approximate surface area is 160 Å². The van der Waals surface area contributed by atoms with Crippen molar-refractivity contribution in [2.45, 2.75) is 50.5 Å². The predicted molar refractivity (Wildman–Crippen MR) is 102 cm³/mol. The van der Waals surface area contributed by atoms with Crippen molar-refractivity contribution < 1.29 is 23.6 Å². The number of halogens is 1. The molecule has 0 spiro atoms. The number of nitrogens with one attached hydrogen (secondary N) is 1. The molecule has 8 heteroatoms. The number of ether oxygens (including phenoxy) is 2. The number of esters is 1. The Bertz CT molecular complexity index is 618. The van der Waals surface area contributed by atoms with Gasteiger partial charge in [0.05, 0.1) is 48.5 Å². The summed E-state index contributed by atoms with van der Waals surface area (Å²) in [5, 5.41) is 10.2. The third-order valence-corrected chi connectivity index (χ3v) is 5.62. The number of rotatable bonds is 8. The molecule has 0 fully saturated rings. The summed E-state index contributed by atoms with van der Waals surface area (Å²) >= 11 is 3.39. The first-order valence-corrected chi connectivity index (χ1v) is 9.79. The maximum absolute atomic E-state index is 12.6. The van der Waals surface area contributed by atoms with Crippen LogP contribution in [0.1, 0.15) is 45.2 Å². The lowest BCUT2D eigenvalue weighted by molar-refractivity contribution is -0.142. The molecule has 2 N–H and O–H groups in total. The lowest BCUT2D eigenvalue weighted by atomic mass is 9.99. The summed E-state index contributed by atoms with van der Waals surface area (Å²) in [7, 11) is 1.47. The molecule has 0 saturated carbocycles. The lowest BCUT2D eigenvalue weighted by Gasteiger charge is -2.27. The second-order valence-electron chi connectivity index (χ2n) is 6.61. The summed E-state index contributed by atoms with van der Waals surface area (Å²) in [6.45, 7) is 5.57. The van der Waals surface area contributed by atoms with Crippen molar-refractivity contribution in [3.63, 3.8) is 0 Å². The third kappa shape index (κ3) is 7.05. The summed E-state index contributed by atoms with van der Waals surface area (Å²) < 4.78 is 26.0. The van der Waals surface area contributed by atoms with Crippen LogP contribution < -0.4 is 9.46 Å². The second kappa shape index (κ2) is 9.66. The van der Waals surface area contributed by atoms with Crippen molar-refractivity contribution in [1.82, 2.24) is 4.72 Å². The molecule has 0 aliphatic carbocycles. The summed E-state index contributed by atoms with van der Waals surface area (Å²) in [5.41, 5.74) is 0.757. The van der Waals surface area contributed by atoms with E-state index in [9.17, 15) is 14.1 Å². The minimum absolute atomic E-state index is 0.129. The van der Waals surface area contributed by atoms with E-state index in [2.05, 4.69) is 25.4 Å². The van der Waals surface area contributed by atoms with Crippen LogP contribution >= 0.6 is 15.9 Å². The number of hydrogen-bond donors (Lipinski definition) is 2. The largest absolute Gasteiger partial charge is 0.496 e. The molecule has 142 valence electrons. The van der Waals surface area contributed by atoms with Gasteiger partial charge in [0.1, 0.15) is 5.75 Å². The zero-order valence-electron chi connectivity index (χ0n) is 15.2. The van der Waals surface area contributed by atoms with E-state index in [1.165, 1.54) is 7.11 Å². The molecule has 0 heterocycles. The highest BCUT2D eigenvalue weighted by atomic mass is 79.9. The number of aliphatic hydroxyl groups is 1. The zero-order chi connectivity index (χ0) is 19.2. The quantitative estimate of drug-likeness (QED) is 0.613. The highest BCUT2D eigenvalue weighted by Gasteiger charge is 2.27. The fraction of sp³-hybridized carbons (Fsp3) is 0.588. The van der Waals surface area contributed by atoms with Gasteiger partial charge in [-0.05, 0) is 39.3 Å². The van der Waals surface area contributed by atoms with Crippen LogP contribution in [0, 0.1) is 0 Å². The molecule has 0 aromatic heterocycles. The molecule has 6 nitrogen and oxygen atoms in total. The smallest absolute Gasteiger partial charge is 0.308 e. The van der Waals surface area contributed by atoms with Gasteiger partial charge in [-0.2, -0.15) is 0 Å². The predicted octanol–water partition coefficient (Wildman–Crippen LogP) is 2.86. The van der Waals surface area contributed by atoms with E-state index in [-0.39, 0.29) is 12.8 Å². The average Bonchev–Trinajstić information content (AvgIpc) is 2.52. The fourth-order valence-corrected chi connectivity index (χ4v) is 3.32. The normalized spacial score (nSPS) is 15.3. The molecule has 0 saturated heterocycles. The second-order valence-corrected chi connectivity index (χ2v) is 9.52. The van der Waals surface area contributed by atoms with Crippen LogP contribution in [0.25, 0.3) is 0 Å². The van der Waals surface area contributed by atoms with Crippen LogP contribution in [0.3, 0.4) is 0 Å². The van der Waals surface area contributed by atoms with Crippen LogP contribution in [-0.2, 0) is 20.5 Å². The third-order valence-electron chi connectivity index (χ3n) is 3.51. The molecular weight excluding hydrogens is 410 g/mol. The Morgan fingerprint density at radius 1 is 1.36 bits per heavy atom. The molecule has 3 atom stereocenters. The minimum atomic E-state index is -1.36. The molecule has 1 rings (SSSR count). The summed E-state index contributed by atoms with van der Waals surface area (Å²) in [6.07, 6.45) is -0.875. The van der Waals surface area contributed by atoms with E-state index in [1.807, 2.05) is 32.9 Å². The highest BCUT2D eigenvalue weighted by molar-refractivity contribution is 9.10. The van der Waals surface area contributed by atoms with E-state index in [4.69, 9.17) is 4.74 Å². The SMILES string of the molecule is COC(=O)CC(O)C[C@H](N[S@](=O)C(C)(C)C)c1ccc(Br)cc1OC. The first-order valence-electron chi connectivity index (χ1n) is 7.84. The Balaban J connectivity index is 3.10. The molecule has 0 aliphatic heterocycles. The van der Waals surface area contributed by atoms with Gasteiger partial charge in [-0.15, -0.1) is 0 Å². The number of hydrogen-bond acceptors (Lipinski definition) is 5. The van der Waals surface area contributed by atoms with Gasteiger partial charge in [0.15, 0.2) is 0 Å². The Morgan fingerprint density at radius 2 is 2.00 bits per heavy atom. The number of carbonyl (C=O) groups is 1. The van der Waals surface area contributed by atoms with E-state index in [0.717, 1.165) is 10.0 Å². The van der Waals surface area contributed by atoms with E-state index in [1.54, 1.807) is 13.2 Å². The van der Waals surface area contributed by atoms with Crippen LogP contribution in [-0.4, -0.2) is 40.4 Å². The Kier molecular flexibility index (Phi) is 8.53.